The second-order valence-corrected chi connectivity index (χ2v) is 9.22. The van der Waals surface area contributed by atoms with Crippen LogP contribution in [0.3, 0.4) is 0 Å². The summed E-state index contributed by atoms with van der Waals surface area (Å²) in [7, 11) is 0. The molecular formula is C21H35N9O7S. The Morgan fingerprint density at radius 2 is 1.63 bits per heavy atom. The number of thioether (sulfide) groups is 1. The third-order valence-corrected chi connectivity index (χ3v) is 5.79. The standard InChI is InChI=1S/C21H35N9O7S/c1-38-6-4-14(19(35)30-15(20(36)37)7-11-9-25-10-27-11)29-18(34)13(3-2-5-26-21(23)24)28-17(33)12(22)8-16(31)32/h9-10,12-15H,2-8,22H2,1H3,(H,25,27)(H,28,33)(H,29,34)(H,30,35)(H,31,32)(H,36,37)(H4,23,24,26). The molecular weight excluding hydrogens is 522 g/mol. The van der Waals surface area contributed by atoms with E-state index in [1.54, 1.807) is 6.26 Å². The highest BCUT2D eigenvalue weighted by atomic mass is 32.2. The number of nitrogens with zero attached hydrogens (tertiary/aromatic N) is 2. The molecule has 0 aliphatic rings. The second kappa shape index (κ2) is 16.8. The van der Waals surface area contributed by atoms with E-state index in [4.69, 9.17) is 22.3 Å². The number of H-pyrrole nitrogens is 1. The van der Waals surface area contributed by atoms with Gasteiger partial charge in [0.15, 0.2) is 5.96 Å². The van der Waals surface area contributed by atoms with Gasteiger partial charge in [-0.05, 0) is 31.3 Å². The third-order valence-electron chi connectivity index (χ3n) is 5.15. The van der Waals surface area contributed by atoms with Crippen LogP contribution in [0.2, 0.25) is 0 Å². The number of imidazole rings is 1. The van der Waals surface area contributed by atoms with Crippen LogP contribution in [-0.4, -0.2) is 98.5 Å². The molecule has 16 nitrogen and oxygen atoms in total. The number of guanidine groups is 1. The lowest BCUT2D eigenvalue weighted by Crippen LogP contribution is -2.57. The highest BCUT2D eigenvalue weighted by Gasteiger charge is 2.30. The van der Waals surface area contributed by atoms with Gasteiger partial charge in [-0.2, -0.15) is 11.8 Å². The van der Waals surface area contributed by atoms with Crippen LogP contribution in [-0.2, 0) is 30.4 Å². The zero-order chi connectivity index (χ0) is 28.7. The minimum Gasteiger partial charge on any atom is -0.481 e. The summed E-state index contributed by atoms with van der Waals surface area (Å²) in [5, 5.41) is 25.8. The van der Waals surface area contributed by atoms with E-state index in [1.165, 1.54) is 24.3 Å². The van der Waals surface area contributed by atoms with Crippen molar-refractivity contribution in [2.45, 2.75) is 56.3 Å². The van der Waals surface area contributed by atoms with E-state index in [9.17, 15) is 29.1 Å². The Kier molecular flexibility index (Phi) is 14.2. The zero-order valence-electron chi connectivity index (χ0n) is 20.9. The summed E-state index contributed by atoms with van der Waals surface area (Å²) in [6, 6.07) is -5.01. The number of rotatable bonds is 18. The Morgan fingerprint density at radius 1 is 1.03 bits per heavy atom. The summed E-state index contributed by atoms with van der Waals surface area (Å²) < 4.78 is 0. The molecule has 38 heavy (non-hydrogen) atoms. The Balaban J connectivity index is 3.00. The SMILES string of the molecule is CSCCC(NC(=O)C(CCCN=C(N)N)NC(=O)C(N)CC(=O)O)C(=O)NC(Cc1cnc[nH]1)C(=O)O. The van der Waals surface area contributed by atoms with E-state index in [2.05, 4.69) is 30.9 Å². The fourth-order valence-corrected chi connectivity index (χ4v) is 3.67. The van der Waals surface area contributed by atoms with Crippen LogP contribution < -0.4 is 33.2 Å². The Bertz CT molecular complexity index is 970. The van der Waals surface area contributed by atoms with E-state index in [0.29, 0.717) is 11.4 Å². The molecule has 0 saturated heterocycles. The molecule has 0 spiro atoms. The Hall–Kier alpha value is -3.86. The number of hydrogen-bond acceptors (Lipinski definition) is 9. The van der Waals surface area contributed by atoms with E-state index in [1.807, 2.05) is 0 Å². The van der Waals surface area contributed by atoms with Crippen LogP contribution in [0.15, 0.2) is 17.5 Å². The number of carboxylic acids is 2. The number of hydrogen-bond donors (Lipinski definition) is 9. The van der Waals surface area contributed by atoms with Crippen molar-refractivity contribution >= 4 is 47.4 Å². The molecule has 12 N–H and O–H groups in total. The van der Waals surface area contributed by atoms with Gasteiger partial charge in [-0.3, -0.25) is 24.2 Å². The van der Waals surface area contributed by atoms with Gasteiger partial charge in [0, 0.05) is 24.9 Å². The number of aliphatic imine (C=N–C) groups is 1. The van der Waals surface area contributed by atoms with Crippen molar-refractivity contribution in [3.63, 3.8) is 0 Å². The highest BCUT2D eigenvalue weighted by molar-refractivity contribution is 7.98. The number of nitrogens with two attached hydrogens (primary N) is 3. The molecule has 0 aliphatic heterocycles. The predicted octanol–water partition coefficient (Wildman–Crippen LogP) is -2.90. The van der Waals surface area contributed by atoms with Gasteiger partial charge in [0.2, 0.25) is 17.7 Å². The molecule has 1 rings (SSSR count). The molecule has 4 unspecified atom stereocenters. The number of carboxylic acid groups (broad SMARTS) is 2. The number of carbonyl (C=O) groups is 5. The molecule has 0 aromatic carbocycles. The van der Waals surface area contributed by atoms with E-state index in [0.717, 1.165) is 0 Å². The summed E-state index contributed by atoms with van der Waals surface area (Å²) in [6.45, 7) is 0.146. The van der Waals surface area contributed by atoms with Gasteiger partial charge < -0.3 is 48.3 Å². The summed E-state index contributed by atoms with van der Waals surface area (Å²) in [4.78, 5) is 71.5. The molecule has 1 aromatic heterocycles. The Morgan fingerprint density at radius 3 is 2.16 bits per heavy atom. The topological polar surface area (TPSA) is 281 Å². The van der Waals surface area contributed by atoms with Gasteiger partial charge in [-0.1, -0.05) is 0 Å². The third kappa shape index (κ3) is 12.4. The smallest absolute Gasteiger partial charge is 0.326 e. The summed E-state index contributed by atoms with van der Waals surface area (Å²) in [5.74, 6) is -4.61. The molecule has 0 radical (unpaired) electrons. The minimum atomic E-state index is -1.41. The average Bonchev–Trinajstić information content (AvgIpc) is 3.35. The van der Waals surface area contributed by atoms with E-state index >= 15 is 0 Å². The van der Waals surface area contributed by atoms with E-state index in [-0.39, 0.29) is 38.2 Å². The van der Waals surface area contributed by atoms with Crippen LogP contribution in [0.25, 0.3) is 0 Å². The highest BCUT2D eigenvalue weighted by Crippen LogP contribution is 2.07. The summed E-state index contributed by atoms with van der Waals surface area (Å²) in [6.07, 6.45) is 4.37. The van der Waals surface area contributed by atoms with Gasteiger partial charge in [-0.25, -0.2) is 9.78 Å². The van der Waals surface area contributed by atoms with Gasteiger partial charge in [0.05, 0.1) is 18.8 Å². The van der Waals surface area contributed by atoms with Crippen LogP contribution in [0.4, 0.5) is 0 Å². The largest absolute Gasteiger partial charge is 0.481 e. The van der Waals surface area contributed by atoms with Gasteiger partial charge in [-0.15, -0.1) is 0 Å². The molecule has 0 saturated carbocycles. The first kappa shape index (κ1) is 32.2. The molecule has 0 bridgehead atoms. The van der Waals surface area contributed by atoms with Crippen LogP contribution in [0.1, 0.15) is 31.4 Å². The first-order chi connectivity index (χ1) is 17.9. The number of aromatic nitrogens is 2. The molecule has 0 fully saturated rings. The molecule has 1 heterocycles. The van der Waals surface area contributed by atoms with E-state index < -0.39 is 60.2 Å². The van der Waals surface area contributed by atoms with Crippen LogP contribution in [0, 0.1) is 0 Å². The van der Waals surface area contributed by atoms with Crippen molar-refractivity contribution in [3.8, 4) is 0 Å². The van der Waals surface area contributed by atoms with Crippen LogP contribution >= 0.6 is 11.8 Å². The van der Waals surface area contributed by atoms with Crippen LogP contribution in [0.5, 0.6) is 0 Å². The fraction of sp³-hybridized carbons (Fsp3) is 0.571. The first-order valence-electron chi connectivity index (χ1n) is 11.6. The van der Waals surface area contributed by atoms with Crippen molar-refractivity contribution in [2.75, 3.05) is 18.6 Å². The van der Waals surface area contributed by atoms with Crippen molar-refractivity contribution in [1.29, 1.82) is 0 Å². The fourth-order valence-electron chi connectivity index (χ4n) is 3.20. The molecule has 1 aromatic rings. The minimum absolute atomic E-state index is 0.0442. The number of carbonyl (C=O) groups excluding carboxylic acids is 3. The second-order valence-electron chi connectivity index (χ2n) is 8.24. The number of aliphatic carboxylic acids is 2. The van der Waals surface area contributed by atoms with Gasteiger partial charge >= 0.3 is 11.9 Å². The lowest BCUT2D eigenvalue weighted by Gasteiger charge is -2.25. The van der Waals surface area contributed by atoms with Crippen molar-refractivity contribution in [3.05, 3.63) is 18.2 Å². The monoisotopic (exact) mass is 557 g/mol. The first-order valence-corrected chi connectivity index (χ1v) is 13.0. The number of nitrogens with one attached hydrogen (secondary N) is 4. The normalized spacial score (nSPS) is 13.8. The lowest BCUT2D eigenvalue weighted by molar-refractivity contribution is -0.142. The molecule has 17 heteroatoms. The maximum absolute atomic E-state index is 13.1. The average molecular weight is 558 g/mol. The van der Waals surface area contributed by atoms with Gasteiger partial charge in [0.25, 0.3) is 0 Å². The molecule has 3 amide bonds. The number of amides is 3. The summed E-state index contributed by atoms with van der Waals surface area (Å²) >= 11 is 1.41. The maximum Gasteiger partial charge on any atom is 0.326 e. The quantitative estimate of drug-likeness (QED) is 0.0499. The van der Waals surface area contributed by atoms with Crippen molar-refractivity contribution < 1.29 is 34.2 Å². The lowest BCUT2D eigenvalue weighted by atomic mass is 10.1. The van der Waals surface area contributed by atoms with Crippen molar-refractivity contribution in [2.24, 2.45) is 22.2 Å². The predicted molar refractivity (Wildman–Crippen MR) is 139 cm³/mol. The zero-order valence-corrected chi connectivity index (χ0v) is 21.7. The molecule has 4 atom stereocenters. The van der Waals surface area contributed by atoms with Gasteiger partial charge in [0.1, 0.15) is 18.1 Å². The Labute approximate surface area is 223 Å². The number of aromatic amines is 1. The van der Waals surface area contributed by atoms with Crippen molar-refractivity contribution in [1.82, 2.24) is 25.9 Å². The summed E-state index contributed by atoms with van der Waals surface area (Å²) in [5.41, 5.74) is 16.7. The molecule has 212 valence electrons. The maximum atomic E-state index is 13.1. The molecule has 0 aliphatic carbocycles.